The van der Waals surface area contributed by atoms with Crippen LogP contribution in [0.1, 0.15) is 45.1 Å². The molecule has 5 rings (SSSR count). The van der Waals surface area contributed by atoms with Crippen molar-refractivity contribution in [1.82, 2.24) is 18.8 Å². The van der Waals surface area contributed by atoms with Gasteiger partial charge in [0.25, 0.3) is 5.56 Å². The van der Waals surface area contributed by atoms with Crippen molar-refractivity contribution >= 4 is 27.0 Å². The number of nitrogens with zero attached hydrogens (tertiary/aromatic N) is 4. The van der Waals surface area contributed by atoms with Gasteiger partial charge in [0.2, 0.25) is 16.0 Å². The first-order chi connectivity index (χ1) is 15.7. The van der Waals surface area contributed by atoms with E-state index in [1.165, 1.54) is 15.8 Å². The van der Waals surface area contributed by atoms with Gasteiger partial charge in [-0.2, -0.15) is 9.29 Å². The molecule has 2 atom stereocenters. The Morgan fingerprint density at radius 1 is 1.24 bits per heavy atom. The molecule has 33 heavy (non-hydrogen) atoms. The van der Waals surface area contributed by atoms with Gasteiger partial charge in [0.15, 0.2) is 0 Å². The van der Waals surface area contributed by atoms with E-state index in [-0.39, 0.29) is 17.6 Å². The Labute approximate surface area is 192 Å². The topological polar surface area (TPSA) is 127 Å². The Hall–Kier alpha value is -2.34. The van der Waals surface area contributed by atoms with E-state index in [2.05, 4.69) is 15.3 Å². The molecule has 2 aromatic rings. The second kappa shape index (κ2) is 8.46. The Bertz CT molecular complexity index is 1240. The molecule has 2 saturated heterocycles. The Kier molecular flexibility index (Phi) is 5.76. The van der Waals surface area contributed by atoms with Gasteiger partial charge in [0.05, 0.1) is 24.9 Å². The Morgan fingerprint density at radius 2 is 2.00 bits per heavy atom. The fraction of sp³-hybridized carbons (Fsp3) is 0.591. The second-order valence-electron chi connectivity index (χ2n) is 9.41. The fourth-order valence-corrected chi connectivity index (χ4v) is 6.38. The largest absolute Gasteiger partial charge is 0.388 e. The van der Waals surface area contributed by atoms with Crippen molar-refractivity contribution in [2.75, 3.05) is 31.6 Å². The van der Waals surface area contributed by atoms with Gasteiger partial charge in [-0.25, -0.2) is 13.4 Å². The lowest BCUT2D eigenvalue weighted by molar-refractivity contribution is 0.0267. The molecule has 2 aromatic heterocycles. The highest BCUT2D eigenvalue weighted by molar-refractivity contribution is 7.92. The molecular weight excluding hydrogens is 446 g/mol. The van der Waals surface area contributed by atoms with Crippen LogP contribution in [0.4, 0.5) is 5.95 Å². The van der Waals surface area contributed by atoms with Gasteiger partial charge in [0, 0.05) is 42.2 Å². The van der Waals surface area contributed by atoms with Gasteiger partial charge in [0.1, 0.15) is 5.65 Å². The van der Waals surface area contributed by atoms with Crippen LogP contribution in [0.25, 0.3) is 11.0 Å². The molecule has 4 heterocycles. The molecule has 2 N–H and O–H groups in total. The minimum Gasteiger partial charge on any atom is -0.388 e. The summed E-state index contributed by atoms with van der Waals surface area (Å²) in [6.45, 7) is 3.36. The first-order valence-corrected chi connectivity index (χ1v) is 12.9. The van der Waals surface area contributed by atoms with Crippen molar-refractivity contribution in [3.63, 3.8) is 0 Å². The molecule has 0 spiro atoms. The number of ether oxygens (including phenoxy) is 1. The first kappa shape index (κ1) is 22.5. The summed E-state index contributed by atoms with van der Waals surface area (Å²) in [5, 5.41) is 16.2. The number of nitrogens with one attached hydrogen (secondary N) is 1. The van der Waals surface area contributed by atoms with Gasteiger partial charge in [-0.1, -0.05) is 0 Å². The van der Waals surface area contributed by atoms with Crippen molar-refractivity contribution in [1.29, 1.82) is 0 Å². The summed E-state index contributed by atoms with van der Waals surface area (Å²) in [6.07, 6.45) is 5.13. The van der Waals surface area contributed by atoms with E-state index in [1.54, 1.807) is 23.8 Å². The standard InChI is InChI=1S/C22H29N5O5S/c1-22(29)8-2-3-18(22)27-19(28)5-4-16-11-23-21(25-20(16)27)24-17-6-9-26(10-7-17)33(30,31)14-15-12-32-13-15/h4-5,11,14,17-18,29H,2-3,6-10,12-13H2,1H3,(H,23,24,25)/t18-,22-/m1/s1. The van der Waals surface area contributed by atoms with Crippen molar-refractivity contribution in [2.45, 2.75) is 56.7 Å². The number of hydrogen-bond donors (Lipinski definition) is 2. The van der Waals surface area contributed by atoms with E-state index < -0.39 is 15.6 Å². The number of fused-ring (bicyclic) bond motifs is 1. The van der Waals surface area contributed by atoms with E-state index in [9.17, 15) is 18.3 Å². The molecular formula is C22H29N5O5S. The number of aromatic nitrogens is 3. The third kappa shape index (κ3) is 4.42. The van der Waals surface area contributed by atoms with E-state index >= 15 is 0 Å². The van der Waals surface area contributed by atoms with Crippen LogP contribution in [0.15, 0.2) is 34.1 Å². The molecule has 3 aliphatic rings. The fourth-order valence-electron chi connectivity index (χ4n) is 4.96. The lowest BCUT2D eigenvalue weighted by Gasteiger charge is -2.31. The SMILES string of the molecule is C[C@@]1(O)CCC[C@H]1n1c(=O)ccc2cnc(NC3CCN(S(=O)(=O)C=C4COC4)CC3)nc21. The molecule has 0 unspecified atom stereocenters. The summed E-state index contributed by atoms with van der Waals surface area (Å²) in [7, 11) is -3.43. The van der Waals surface area contributed by atoms with Crippen LogP contribution in [0.5, 0.6) is 0 Å². The minimum absolute atomic E-state index is 0.0204. The zero-order chi connectivity index (χ0) is 23.2. The van der Waals surface area contributed by atoms with Crippen LogP contribution < -0.4 is 10.9 Å². The number of sulfonamides is 1. The van der Waals surface area contributed by atoms with Crippen molar-refractivity contribution < 1.29 is 18.3 Å². The quantitative estimate of drug-likeness (QED) is 0.664. The average Bonchev–Trinajstić information content (AvgIpc) is 3.10. The summed E-state index contributed by atoms with van der Waals surface area (Å²) in [5.74, 6) is 0.398. The predicted molar refractivity (Wildman–Crippen MR) is 123 cm³/mol. The molecule has 10 nitrogen and oxygen atoms in total. The summed E-state index contributed by atoms with van der Waals surface area (Å²) < 4.78 is 33.2. The zero-order valence-electron chi connectivity index (χ0n) is 18.6. The van der Waals surface area contributed by atoms with Crippen LogP contribution in [0.3, 0.4) is 0 Å². The number of pyridine rings is 1. The zero-order valence-corrected chi connectivity index (χ0v) is 19.4. The van der Waals surface area contributed by atoms with Crippen LogP contribution >= 0.6 is 0 Å². The molecule has 0 aromatic carbocycles. The highest BCUT2D eigenvalue weighted by atomic mass is 32.2. The highest BCUT2D eigenvalue weighted by Gasteiger charge is 2.39. The summed E-state index contributed by atoms with van der Waals surface area (Å²) in [6, 6.07) is 2.88. The maximum absolute atomic E-state index is 12.7. The summed E-state index contributed by atoms with van der Waals surface area (Å²) in [4.78, 5) is 21.8. The van der Waals surface area contributed by atoms with Crippen molar-refractivity contribution in [2.24, 2.45) is 0 Å². The van der Waals surface area contributed by atoms with Crippen LogP contribution in [-0.4, -0.2) is 70.3 Å². The highest BCUT2D eigenvalue weighted by Crippen LogP contribution is 2.39. The van der Waals surface area contributed by atoms with E-state index in [4.69, 9.17) is 4.74 Å². The normalized spacial score (nSPS) is 27.0. The monoisotopic (exact) mass is 475 g/mol. The Morgan fingerprint density at radius 3 is 2.64 bits per heavy atom. The molecule has 3 fully saturated rings. The lowest BCUT2D eigenvalue weighted by atomic mass is 10.00. The molecule has 0 radical (unpaired) electrons. The molecule has 2 aliphatic heterocycles. The molecule has 0 amide bonds. The summed E-state index contributed by atoms with van der Waals surface area (Å²) >= 11 is 0. The van der Waals surface area contributed by atoms with E-state index in [0.717, 1.165) is 17.4 Å². The lowest BCUT2D eigenvalue weighted by Crippen LogP contribution is -2.42. The maximum atomic E-state index is 12.7. The van der Waals surface area contributed by atoms with Gasteiger partial charge in [-0.15, -0.1) is 0 Å². The molecule has 178 valence electrons. The third-order valence-corrected chi connectivity index (χ3v) is 8.61. The van der Waals surface area contributed by atoms with Gasteiger partial charge < -0.3 is 15.2 Å². The number of aliphatic hydroxyl groups is 1. The molecule has 0 bridgehead atoms. The van der Waals surface area contributed by atoms with E-state index in [0.29, 0.717) is 63.6 Å². The van der Waals surface area contributed by atoms with Gasteiger partial charge >= 0.3 is 0 Å². The molecule has 1 aliphatic carbocycles. The van der Waals surface area contributed by atoms with E-state index in [1.807, 2.05) is 0 Å². The molecule has 11 heteroatoms. The second-order valence-corrected chi connectivity index (χ2v) is 11.2. The molecule has 1 saturated carbocycles. The van der Waals surface area contributed by atoms with Gasteiger partial charge in [-0.3, -0.25) is 9.36 Å². The van der Waals surface area contributed by atoms with Crippen molar-refractivity contribution in [3.05, 3.63) is 39.7 Å². The van der Waals surface area contributed by atoms with Crippen molar-refractivity contribution in [3.8, 4) is 0 Å². The Balaban J connectivity index is 1.33. The number of anilines is 1. The number of rotatable bonds is 5. The van der Waals surface area contributed by atoms with Gasteiger partial charge in [-0.05, 0) is 50.7 Å². The predicted octanol–water partition coefficient (Wildman–Crippen LogP) is 1.39. The number of piperidine rings is 1. The average molecular weight is 476 g/mol. The smallest absolute Gasteiger partial charge is 0.252 e. The first-order valence-electron chi connectivity index (χ1n) is 11.4. The minimum atomic E-state index is -3.43. The third-order valence-electron chi connectivity index (χ3n) is 6.89. The number of hydrogen-bond acceptors (Lipinski definition) is 8. The van der Waals surface area contributed by atoms with Crippen LogP contribution in [0.2, 0.25) is 0 Å². The maximum Gasteiger partial charge on any atom is 0.252 e. The van der Waals surface area contributed by atoms with Crippen LogP contribution in [-0.2, 0) is 14.8 Å². The summed E-state index contributed by atoms with van der Waals surface area (Å²) in [5.41, 5.74) is 0.146. The van der Waals surface area contributed by atoms with Crippen LogP contribution in [0, 0.1) is 0 Å².